The van der Waals surface area contributed by atoms with E-state index in [1.165, 1.54) is 11.3 Å². The Bertz CT molecular complexity index is 619. The average molecular weight is 311 g/mol. The Labute approximate surface area is 126 Å². The number of benzene rings is 1. The molecule has 3 N–H and O–H groups in total. The maximum absolute atomic E-state index is 10.7. The largest absolute Gasteiger partial charge is 0.493 e. The lowest BCUT2D eigenvalue weighted by atomic mass is 9.76. The van der Waals surface area contributed by atoms with Crippen molar-refractivity contribution in [1.82, 2.24) is 4.98 Å². The van der Waals surface area contributed by atoms with Gasteiger partial charge in [0.25, 0.3) is 0 Å². The zero-order valence-corrected chi connectivity index (χ0v) is 12.3. The third kappa shape index (κ3) is 2.31. The molecule has 1 aliphatic rings. The molecular weight excluding hydrogens is 296 g/mol. The first-order chi connectivity index (χ1) is 9.64. The molecule has 0 radical (unpaired) electrons. The van der Waals surface area contributed by atoms with Crippen molar-refractivity contribution in [2.24, 2.45) is 11.1 Å². The second-order valence-electron chi connectivity index (χ2n) is 5.04. The zero-order chi connectivity index (χ0) is 14.2. The van der Waals surface area contributed by atoms with Crippen LogP contribution in [0.4, 0.5) is 0 Å². The fraction of sp³-hybridized carbons (Fsp3) is 0.357. The van der Waals surface area contributed by atoms with Crippen LogP contribution in [0.2, 0.25) is 4.34 Å². The van der Waals surface area contributed by atoms with Crippen LogP contribution in [0.3, 0.4) is 0 Å². The zero-order valence-electron chi connectivity index (χ0n) is 10.8. The molecule has 1 aromatic carbocycles. The number of halogens is 1. The van der Waals surface area contributed by atoms with Gasteiger partial charge in [-0.15, -0.1) is 11.3 Å². The van der Waals surface area contributed by atoms with Gasteiger partial charge in [0.2, 0.25) is 0 Å². The molecule has 6 heteroatoms. The molecule has 0 saturated heterocycles. The molecule has 2 unspecified atom stereocenters. The van der Waals surface area contributed by atoms with Crippen LogP contribution in [0, 0.1) is 5.41 Å². The quantitative estimate of drug-likeness (QED) is 0.913. The lowest BCUT2D eigenvalue weighted by molar-refractivity contribution is -0.0162. The number of aliphatic hydroxyl groups is 1. The minimum absolute atomic E-state index is 0.319. The highest BCUT2D eigenvalue weighted by atomic mass is 35.5. The maximum atomic E-state index is 10.7. The second kappa shape index (κ2) is 5.33. The van der Waals surface area contributed by atoms with Crippen LogP contribution in [0.1, 0.15) is 16.7 Å². The van der Waals surface area contributed by atoms with Crippen molar-refractivity contribution in [1.29, 1.82) is 0 Å². The standard InChI is InChI=1S/C14H15ClN2O2S/c15-11-6-17-13(20-11)12(18)14(7-16)5-9-3-1-2-4-10(9)19-8-14/h1-4,6,12,18H,5,7-8,16H2. The van der Waals surface area contributed by atoms with Gasteiger partial charge < -0.3 is 15.6 Å². The van der Waals surface area contributed by atoms with Gasteiger partial charge in [-0.2, -0.15) is 0 Å². The topological polar surface area (TPSA) is 68.4 Å². The van der Waals surface area contributed by atoms with Crippen molar-refractivity contribution >= 4 is 22.9 Å². The predicted molar refractivity (Wildman–Crippen MR) is 79.2 cm³/mol. The average Bonchev–Trinajstić information content (AvgIpc) is 2.92. The summed E-state index contributed by atoms with van der Waals surface area (Å²) in [6.07, 6.45) is 1.43. The van der Waals surface area contributed by atoms with Crippen molar-refractivity contribution in [3.63, 3.8) is 0 Å². The lowest BCUT2D eigenvalue weighted by Gasteiger charge is -2.39. The summed E-state index contributed by atoms with van der Waals surface area (Å²) in [4.78, 5) is 4.17. The molecule has 0 fully saturated rings. The van der Waals surface area contributed by atoms with Crippen LogP contribution in [-0.4, -0.2) is 23.2 Å². The minimum atomic E-state index is -0.779. The van der Waals surface area contributed by atoms with Gasteiger partial charge in [-0.1, -0.05) is 29.8 Å². The summed E-state index contributed by atoms with van der Waals surface area (Å²) in [6, 6.07) is 7.83. The van der Waals surface area contributed by atoms with Crippen LogP contribution in [-0.2, 0) is 6.42 Å². The van der Waals surface area contributed by atoms with E-state index in [-0.39, 0.29) is 0 Å². The van der Waals surface area contributed by atoms with E-state index in [1.54, 1.807) is 6.20 Å². The molecule has 0 spiro atoms. The molecule has 2 heterocycles. The van der Waals surface area contributed by atoms with Gasteiger partial charge in [-0.05, 0) is 18.1 Å². The SMILES string of the molecule is NCC1(C(O)c2ncc(Cl)s2)COc2ccccc2C1. The first-order valence-corrected chi connectivity index (χ1v) is 7.54. The summed E-state index contributed by atoms with van der Waals surface area (Å²) in [6.45, 7) is 0.693. The van der Waals surface area contributed by atoms with E-state index in [0.717, 1.165) is 11.3 Å². The molecule has 20 heavy (non-hydrogen) atoms. The summed E-state index contributed by atoms with van der Waals surface area (Å²) >= 11 is 7.17. The van der Waals surface area contributed by atoms with Crippen LogP contribution >= 0.6 is 22.9 Å². The van der Waals surface area contributed by atoms with Crippen LogP contribution < -0.4 is 10.5 Å². The Kier molecular flexibility index (Phi) is 3.69. The van der Waals surface area contributed by atoms with Crippen molar-refractivity contribution < 1.29 is 9.84 Å². The molecule has 0 saturated carbocycles. The summed E-state index contributed by atoms with van der Waals surface area (Å²) in [5, 5.41) is 11.3. The highest BCUT2D eigenvalue weighted by Gasteiger charge is 2.43. The van der Waals surface area contributed by atoms with E-state index < -0.39 is 11.5 Å². The Balaban J connectivity index is 1.93. The van der Waals surface area contributed by atoms with Gasteiger partial charge in [-0.3, -0.25) is 0 Å². The minimum Gasteiger partial charge on any atom is -0.493 e. The van der Waals surface area contributed by atoms with Gasteiger partial charge in [0.15, 0.2) is 0 Å². The van der Waals surface area contributed by atoms with E-state index in [2.05, 4.69) is 4.98 Å². The number of aromatic nitrogens is 1. The number of nitrogens with two attached hydrogens (primary N) is 1. The third-order valence-corrected chi connectivity index (χ3v) is 4.91. The maximum Gasteiger partial charge on any atom is 0.123 e. The number of nitrogens with zero attached hydrogens (tertiary/aromatic N) is 1. The van der Waals surface area contributed by atoms with Gasteiger partial charge in [0.1, 0.15) is 21.2 Å². The Morgan fingerprint density at radius 1 is 1.50 bits per heavy atom. The number of rotatable bonds is 3. The molecule has 3 rings (SSSR count). The molecule has 2 aromatic rings. The van der Waals surface area contributed by atoms with Gasteiger partial charge >= 0.3 is 0 Å². The Hall–Kier alpha value is -1.14. The number of ether oxygens (including phenoxy) is 1. The molecule has 0 bridgehead atoms. The molecule has 1 aliphatic heterocycles. The third-order valence-electron chi connectivity index (χ3n) is 3.75. The normalized spacial score (nSPS) is 22.9. The fourth-order valence-corrected chi connectivity index (χ4v) is 3.57. The first-order valence-electron chi connectivity index (χ1n) is 6.35. The van der Waals surface area contributed by atoms with E-state index in [0.29, 0.717) is 28.9 Å². The van der Waals surface area contributed by atoms with E-state index in [9.17, 15) is 5.11 Å². The highest BCUT2D eigenvalue weighted by Crippen LogP contribution is 2.43. The smallest absolute Gasteiger partial charge is 0.123 e. The van der Waals surface area contributed by atoms with Crippen LogP contribution in [0.15, 0.2) is 30.5 Å². The van der Waals surface area contributed by atoms with Crippen molar-refractivity contribution in [2.75, 3.05) is 13.2 Å². The van der Waals surface area contributed by atoms with Gasteiger partial charge in [0, 0.05) is 6.54 Å². The van der Waals surface area contributed by atoms with Crippen LogP contribution in [0.5, 0.6) is 5.75 Å². The van der Waals surface area contributed by atoms with E-state index in [1.807, 2.05) is 24.3 Å². The van der Waals surface area contributed by atoms with Crippen molar-refractivity contribution in [3.05, 3.63) is 45.4 Å². The molecule has 1 aromatic heterocycles. The highest BCUT2D eigenvalue weighted by molar-refractivity contribution is 7.15. The number of hydrogen-bond acceptors (Lipinski definition) is 5. The predicted octanol–water partition coefficient (Wildman–Crippen LogP) is 2.41. The molecule has 4 nitrogen and oxygen atoms in total. The lowest BCUT2D eigenvalue weighted by Crippen LogP contribution is -2.46. The van der Waals surface area contributed by atoms with Crippen molar-refractivity contribution in [2.45, 2.75) is 12.5 Å². The molecule has 106 valence electrons. The van der Waals surface area contributed by atoms with Crippen molar-refractivity contribution in [3.8, 4) is 5.75 Å². The fourth-order valence-electron chi connectivity index (χ4n) is 2.52. The number of fused-ring (bicyclic) bond motifs is 1. The molecular formula is C14H15ClN2O2S. The molecule has 0 aliphatic carbocycles. The Morgan fingerprint density at radius 3 is 3.00 bits per heavy atom. The number of hydrogen-bond donors (Lipinski definition) is 2. The van der Waals surface area contributed by atoms with Crippen LogP contribution in [0.25, 0.3) is 0 Å². The summed E-state index contributed by atoms with van der Waals surface area (Å²) in [5.41, 5.74) is 6.45. The summed E-state index contributed by atoms with van der Waals surface area (Å²) < 4.78 is 6.34. The monoisotopic (exact) mass is 310 g/mol. The first kappa shape index (κ1) is 13.8. The van der Waals surface area contributed by atoms with E-state index in [4.69, 9.17) is 22.1 Å². The van der Waals surface area contributed by atoms with Gasteiger partial charge in [0.05, 0.1) is 18.2 Å². The molecule has 2 atom stereocenters. The number of thiazole rings is 1. The number of aliphatic hydroxyl groups excluding tert-OH is 1. The van der Waals surface area contributed by atoms with E-state index >= 15 is 0 Å². The Morgan fingerprint density at radius 2 is 2.30 bits per heavy atom. The summed E-state index contributed by atoms with van der Waals surface area (Å²) in [7, 11) is 0. The summed E-state index contributed by atoms with van der Waals surface area (Å²) in [5.74, 6) is 0.862. The second-order valence-corrected chi connectivity index (χ2v) is 6.74. The molecule has 0 amide bonds. The van der Waals surface area contributed by atoms with Gasteiger partial charge in [-0.25, -0.2) is 4.98 Å². The number of para-hydroxylation sites is 1.